The van der Waals surface area contributed by atoms with Gasteiger partial charge in [0.25, 0.3) is 5.69 Å². The number of halogens is 1. The number of nitrogens with one attached hydrogen (secondary N) is 2. The first kappa shape index (κ1) is 20.1. The minimum Gasteiger partial charge on any atom is -0.469 e. The van der Waals surface area contributed by atoms with Crippen molar-refractivity contribution in [2.24, 2.45) is 0 Å². The van der Waals surface area contributed by atoms with Crippen LogP contribution in [0.2, 0.25) is 5.02 Å². The normalized spacial score (nSPS) is 15.9. The van der Waals surface area contributed by atoms with Crippen molar-refractivity contribution in [1.82, 2.24) is 5.32 Å². The summed E-state index contributed by atoms with van der Waals surface area (Å²) in [7, 11) is 1.32. The van der Waals surface area contributed by atoms with Crippen LogP contribution in [0.5, 0.6) is 0 Å². The number of carbonyl (C=O) groups excluding carboxylic acids is 2. The zero-order valence-electron chi connectivity index (χ0n) is 14.2. The minimum atomic E-state index is -0.569. The van der Waals surface area contributed by atoms with E-state index in [9.17, 15) is 19.7 Å². The van der Waals surface area contributed by atoms with Crippen molar-refractivity contribution < 1.29 is 24.0 Å². The number of nitro groups is 1. The topological polar surface area (TPSA) is 120 Å². The summed E-state index contributed by atoms with van der Waals surface area (Å²) in [4.78, 5) is 34.0. The predicted octanol–water partition coefficient (Wildman–Crippen LogP) is 1.89. The molecule has 0 radical (unpaired) electrons. The molecular weight excluding hydrogens is 366 g/mol. The fraction of sp³-hybridized carbons (Fsp3) is 0.500. The highest BCUT2D eigenvalue weighted by Gasteiger charge is 2.35. The van der Waals surface area contributed by atoms with E-state index in [1.54, 1.807) is 0 Å². The number of ether oxygens (including phenoxy) is 2. The first-order chi connectivity index (χ1) is 12.3. The Morgan fingerprint density at radius 3 is 2.65 bits per heavy atom. The lowest BCUT2D eigenvalue weighted by atomic mass is 9.86. The quantitative estimate of drug-likeness (QED) is 0.417. The molecule has 0 unspecified atom stereocenters. The zero-order valence-corrected chi connectivity index (χ0v) is 15.0. The molecule has 10 heteroatoms. The number of anilines is 1. The van der Waals surface area contributed by atoms with E-state index >= 15 is 0 Å². The molecule has 0 aliphatic carbocycles. The molecule has 1 aromatic rings. The van der Waals surface area contributed by atoms with E-state index in [1.807, 2.05) is 0 Å². The smallest absolute Gasteiger partial charge is 0.307 e. The molecule has 1 heterocycles. The monoisotopic (exact) mass is 385 g/mol. The number of non-ortho nitro benzene ring substituents is 1. The summed E-state index contributed by atoms with van der Waals surface area (Å²) in [6, 6.07) is 3.80. The van der Waals surface area contributed by atoms with Crippen LogP contribution in [-0.4, -0.2) is 49.2 Å². The van der Waals surface area contributed by atoms with Crippen molar-refractivity contribution in [3.05, 3.63) is 33.3 Å². The van der Waals surface area contributed by atoms with E-state index in [4.69, 9.17) is 21.1 Å². The SMILES string of the molecule is COC(=O)CC1(NCC(=O)Nc2ccc([N+](=O)[O-])cc2Cl)CCOCC1. The van der Waals surface area contributed by atoms with Crippen LogP contribution < -0.4 is 10.6 Å². The Balaban J connectivity index is 1.97. The molecule has 0 aromatic heterocycles. The van der Waals surface area contributed by atoms with Gasteiger partial charge in [-0.25, -0.2) is 0 Å². The molecule has 142 valence electrons. The third kappa shape index (κ3) is 5.38. The van der Waals surface area contributed by atoms with Crippen LogP contribution in [0.25, 0.3) is 0 Å². The predicted molar refractivity (Wildman–Crippen MR) is 94.2 cm³/mol. The number of methoxy groups -OCH3 is 1. The number of nitro benzene ring substituents is 1. The maximum absolute atomic E-state index is 12.2. The number of esters is 1. The first-order valence-corrected chi connectivity index (χ1v) is 8.36. The van der Waals surface area contributed by atoms with Gasteiger partial charge in [0.2, 0.25) is 5.91 Å². The summed E-state index contributed by atoms with van der Waals surface area (Å²) in [6.07, 6.45) is 1.29. The van der Waals surface area contributed by atoms with Crippen LogP contribution in [0, 0.1) is 10.1 Å². The molecule has 1 aliphatic heterocycles. The Hall–Kier alpha value is -2.23. The van der Waals surface area contributed by atoms with Gasteiger partial charge < -0.3 is 20.1 Å². The molecule has 1 fully saturated rings. The average molecular weight is 386 g/mol. The van der Waals surface area contributed by atoms with Crippen LogP contribution in [0.3, 0.4) is 0 Å². The average Bonchev–Trinajstić information content (AvgIpc) is 2.62. The van der Waals surface area contributed by atoms with E-state index in [2.05, 4.69) is 10.6 Å². The summed E-state index contributed by atoms with van der Waals surface area (Å²) < 4.78 is 10.1. The first-order valence-electron chi connectivity index (χ1n) is 7.99. The molecule has 2 rings (SSSR count). The zero-order chi connectivity index (χ0) is 19.2. The summed E-state index contributed by atoms with van der Waals surface area (Å²) in [6.45, 7) is 0.921. The van der Waals surface area contributed by atoms with Gasteiger partial charge in [-0.15, -0.1) is 0 Å². The number of rotatable bonds is 7. The van der Waals surface area contributed by atoms with E-state index in [0.29, 0.717) is 26.1 Å². The third-order valence-electron chi connectivity index (χ3n) is 4.22. The van der Waals surface area contributed by atoms with Crippen molar-refractivity contribution >= 4 is 34.9 Å². The second-order valence-corrected chi connectivity index (χ2v) is 6.38. The summed E-state index contributed by atoms with van der Waals surface area (Å²) in [5.74, 6) is -0.741. The molecule has 26 heavy (non-hydrogen) atoms. The Kier molecular flexibility index (Phi) is 6.90. The highest BCUT2D eigenvalue weighted by molar-refractivity contribution is 6.34. The van der Waals surface area contributed by atoms with Gasteiger partial charge in [-0.1, -0.05) is 11.6 Å². The van der Waals surface area contributed by atoms with Gasteiger partial charge in [0.05, 0.1) is 35.7 Å². The molecule has 2 N–H and O–H groups in total. The van der Waals surface area contributed by atoms with Gasteiger partial charge in [0.1, 0.15) is 0 Å². The van der Waals surface area contributed by atoms with Crippen molar-refractivity contribution in [3.63, 3.8) is 0 Å². The lowest BCUT2D eigenvalue weighted by Crippen LogP contribution is -2.53. The van der Waals surface area contributed by atoms with Crippen molar-refractivity contribution in [2.75, 3.05) is 32.2 Å². The Morgan fingerprint density at radius 1 is 1.38 bits per heavy atom. The van der Waals surface area contributed by atoms with Crippen LogP contribution in [0.4, 0.5) is 11.4 Å². The summed E-state index contributed by atoms with van der Waals surface area (Å²) in [5, 5.41) is 16.5. The van der Waals surface area contributed by atoms with E-state index in [1.165, 1.54) is 25.3 Å². The van der Waals surface area contributed by atoms with Gasteiger partial charge >= 0.3 is 5.97 Å². The van der Waals surface area contributed by atoms with Gasteiger partial charge in [-0.05, 0) is 18.9 Å². The molecule has 0 spiro atoms. The van der Waals surface area contributed by atoms with Crippen LogP contribution in [0.15, 0.2) is 18.2 Å². The van der Waals surface area contributed by atoms with Gasteiger partial charge in [-0.3, -0.25) is 19.7 Å². The maximum Gasteiger partial charge on any atom is 0.307 e. The Morgan fingerprint density at radius 2 is 2.08 bits per heavy atom. The van der Waals surface area contributed by atoms with Gasteiger partial charge in [0.15, 0.2) is 0 Å². The lowest BCUT2D eigenvalue weighted by Gasteiger charge is -2.37. The van der Waals surface area contributed by atoms with Crippen molar-refractivity contribution in [1.29, 1.82) is 0 Å². The lowest BCUT2D eigenvalue weighted by molar-refractivity contribution is -0.384. The fourth-order valence-corrected chi connectivity index (χ4v) is 2.93. The minimum absolute atomic E-state index is 0.0513. The number of nitrogens with zero attached hydrogens (tertiary/aromatic N) is 1. The van der Waals surface area contributed by atoms with E-state index < -0.39 is 10.5 Å². The molecular formula is C16H20ClN3O6. The van der Waals surface area contributed by atoms with E-state index in [0.717, 1.165) is 0 Å². The molecule has 0 saturated carbocycles. The second kappa shape index (κ2) is 8.93. The number of amides is 1. The van der Waals surface area contributed by atoms with Crippen LogP contribution in [-0.2, 0) is 19.1 Å². The standard InChI is InChI=1S/C16H20ClN3O6/c1-25-15(22)9-16(4-6-26-7-5-16)18-10-14(21)19-13-3-2-11(20(23)24)8-12(13)17/h2-3,8,18H,4-7,9-10H2,1H3,(H,19,21). The van der Waals surface area contributed by atoms with Crippen molar-refractivity contribution in [2.45, 2.75) is 24.8 Å². The summed E-state index contributed by atoms with van der Waals surface area (Å²) >= 11 is 5.96. The van der Waals surface area contributed by atoms with Gasteiger partial charge in [-0.2, -0.15) is 0 Å². The molecule has 0 bridgehead atoms. The largest absolute Gasteiger partial charge is 0.469 e. The molecule has 1 saturated heterocycles. The van der Waals surface area contributed by atoms with E-state index in [-0.39, 0.29) is 41.2 Å². The molecule has 1 aromatic carbocycles. The molecule has 0 atom stereocenters. The highest BCUT2D eigenvalue weighted by Crippen LogP contribution is 2.27. The van der Waals surface area contributed by atoms with Crippen LogP contribution in [0.1, 0.15) is 19.3 Å². The molecule has 1 amide bonds. The maximum atomic E-state index is 12.2. The van der Waals surface area contributed by atoms with Gasteiger partial charge in [0, 0.05) is 30.9 Å². The second-order valence-electron chi connectivity index (χ2n) is 5.97. The highest BCUT2D eigenvalue weighted by atomic mass is 35.5. The Labute approximate surface area is 155 Å². The van der Waals surface area contributed by atoms with Crippen molar-refractivity contribution in [3.8, 4) is 0 Å². The number of hydrogen-bond acceptors (Lipinski definition) is 7. The molecule has 1 aliphatic rings. The number of hydrogen-bond donors (Lipinski definition) is 2. The third-order valence-corrected chi connectivity index (χ3v) is 4.53. The van der Waals surface area contributed by atoms with Crippen LogP contribution >= 0.6 is 11.6 Å². The molecule has 9 nitrogen and oxygen atoms in total. The number of benzene rings is 1. The fourth-order valence-electron chi connectivity index (χ4n) is 2.71. The Bertz CT molecular complexity index is 691. The summed E-state index contributed by atoms with van der Waals surface area (Å²) in [5.41, 5.74) is -0.453. The number of carbonyl (C=O) groups is 2.